The van der Waals surface area contributed by atoms with Crippen LogP contribution in [0.3, 0.4) is 0 Å². The van der Waals surface area contributed by atoms with E-state index < -0.39 is 24.7 Å². The van der Waals surface area contributed by atoms with Crippen molar-refractivity contribution in [1.29, 1.82) is 0 Å². The minimum atomic E-state index is -1.77. The Kier molecular flexibility index (Phi) is 5.57. The Morgan fingerprint density at radius 1 is 1.37 bits per heavy atom. The van der Waals surface area contributed by atoms with E-state index in [1.54, 1.807) is 11.2 Å². The Bertz CT molecular complexity index is 950. The summed E-state index contributed by atoms with van der Waals surface area (Å²) < 4.78 is 10.9. The molecular weight excluding hydrogens is 387 g/mol. The van der Waals surface area contributed by atoms with E-state index in [2.05, 4.69) is 11.9 Å². The molecule has 3 heterocycles. The van der Waals surface area contributed by atoms with Crippen LogP contribution in [0.4, 0.5) is 4.79 Å². The predicted octanol–water partition coefficient (Wildman–Crippen LogP) is 1.79. The van der Waals surface area contributed by atoms with Gasteiger partial charge >= 0.3 is 13.2 Å². The Hall–Kier alpha value is -2.78. The van der Waals surface area contributed by atoms with E-state index in [0.29, 0.717) is 5.58 Å². The number of hydrogen-bond acceptors (Lipinski definition) is 6. The van der Waals surface area contributed by atoms with Crippen molar-refractivity contribution in [2.45, 2.75) is 49.6 Å². The fourth-order valence-corrected chi connectivity index (χ4v) is 4.80. The molecular formula is C21H25BN2O6. The second-order valence-corrected chi connectivity index (χ2v) is 8.07. The molecule has 8 nitrogen and oxygen atoms in total. The number of amides is 2. The summed E-state index contributed by atoms with van der Waals surface area (Å²) in [5.41, 5.74) is 0.936. The van der Waals surface area contributed by atoms with Crippen molar-refractivity contribution in [3.63, 3.8) is 0 Å². The molecule has 1 atom stereocenters. The van der Waals surface area contributed by atoms with E-state index in [9.17, 15) is 19.6 Å². The van der Waals surface area contributed by atoms with Gasteiger partial charge in [0.1, 0.15) is 12.2 Å². The molecule has 9 heteroatoms. The molecule has 1 aromatic carbocycles. The summed E-state index contributed by atoms with van der Waals surface area (Å²) in [5.74, 6) is -1.11. The highest BCUT2D eigenvalue weighted by atomic mass is 16.6. The molecule has 0 unspecified atom stereocenters. The summed E-state index contributed by atoms with van der Waals surface area (Å²) in [5, 5.41) is 22.9. The van der Waals surface area contributed by atoms with Gasteiger partial charge in [-0.1, -0.05) is 24.8 Å². The summed E-state index contributed by atoms with van der Waals surface area (Å²) in [4.78, 5) is 26.5. The summed E-state index contributed by atoms with van der Waals surface area (Å²) in [7, 11) is -1.77. The number of hydrogen-bond donors (Lipinski definition) is 3. The number of para-hydroxylation sites is 1. The van der Waals surface area contributed by atoms with Gasteiger partial charge in [0.15, 0.2) is 0 Å². The summed E-state index contributed by atoms with van der Waals surface area (Å²) in [6.45, 7) is 3.64. The van der Waals surface area contributed by atoms with Gasteiger partial charge in [-0.3, -0.25) is 4.79 Å². The molecule has 2 aromatic rings. The Balaban J connectivity index is 1.39. The largest absolute Gasteiger partial charge is 0.475 e. The van der Waals surface area contributed by atoms with Crippen molar-refractivity contribution in [2.24, 2.45) is 0 Å². The number of fused-ring (bicyclic) bond motifs is 3. The number of carbonyl (C=O) groups excluding carboxylic acids is 2. The molecule has 4 rings (SSSR count). The van der Waals surface area contributed by atoms with Gasteiger partial charge in [0.25, 0.3) is 0 Å². The monoisotopic (exact) mass is 412 g/mol. The highest BCUT2D eigenvalue weighted by Crippen LogP contribution is 2.46. The molecule has 0 aliphatic carbocycles. The van der Waals surface area contributed by atoms with Gasteiger partial charge in [-0.05, 0) is 49.8 Å². The third-order valence-corrected chi connectivity index (χ3v) is 6.31. The first-order chi connectivity index (χ1) is 14.4. The van der Waals surface area contributed by atoms with Gasteiger partial charge in [-0.25, -0.2) is 4.79 Å². The molecule has 2 aliphatic rings. The van der Waals surface area contributed by atoms with Gasteiger partial charge < -0.3 is 29.4 Å². The van der Waals surface area contributed by atoms with Crippen LogP contribution in [0.25, 0.3) is 11.0 Å². The quantitative estimate of drug-likeness (QED) is 0.472. The van der Waals surface area contributed by atoms with Crippen LogP contribution in [-0.4, -0.2) is 58.2 Å². The maximum atomic E-state index is 12.4. The third kappa shape index (κ3) is 3.70. The Morgan fingerprint density at radius 3 is 2.80 bits per heavy atom. The molecule has 2 aliphatic heterocycles. The number of benzene rings is 1. The van der Waals surface area contributed by atoms with E-state index >= 15 is 0 Å². The van der Waals surface area contributed by atoms with Gasteiger partial charge in [-0.2, -0.15) is 0 Å². The van der Waals surface area contributed by atoms with Crippen LogP contribution in [0.2, 0.25) is 0 Å². The van der Waals surface area contributed by atoms with Crippen LogP contribution < -0.4 is 5.32 Å². The van der Waals surface area contributed by atoms with E-state index in [-0.39, 0.29) is 25.0 Å². The van der Waals surface area contributed by atoms with Crippen molar-refractivity contribution in [3.05, 3.63) is 48.7 Å². The fourth-order valence-electron chi connectivity index (χ4n) is 4.80. The fraction of sp³-hybridized carbons (Fsp3) is 0.429. The molecule has 1 aromatic heterocycles. The molecule has 3 N–H and O–H groups in total. The summed E-state index contributed by atoms with van der Waals surface area (Å²) in [6, 6.07) is 7.56. The van der Waals surface area contributed by atoms with E-state index in [1.807, 2.05) is 24.3 Å². The van der Waals surface area contributed by atoms with Crippen LogP contribution in [0, 0.1) is 0 Å². The lowest BCUT2D eigenvalue weighted by atomic mass is 9.76. The highest BCUT2D eigenvalue weighted by Gasteiger charge is 2.54. The van der Waals surface area contributed by atoms with Crippen LogP contribution in [-0.2, 0) is 16.0 Å². The standard InChI is InChI=1S/C21H25BN2O6/c1-2-19(25)24-15-7-9-21(24,10-8-15)13-30-20(26)23-18(22(27)28)11-14-12-29-17-6-4-3-5-16(14)17/h2-6,12,15,18,27-28H,1,7-11,13H2,(H,23,26)/t15?,18-,21?/m0/s1. The molecule has 2 bridgehead atoms. The topological polar surface area (TPSA) is 112 Å². The number of nitrogens with zero attached hydrogens (tertiary/aromatic N) is 1. The maximum absolute atomic E-state index is 12.4. The minimum Gasteiger partial charge on any atom is -0.464 e. The number of furan rings is 1. The summed E-state index contributed by atoms with van der Waals surface area (Å²) >= 11 is 0. The molecule has 158 valence electrons. The molecule has 30 heavy (non-hydrogen) atoms. The first-order valence-corrected chi connectivity index (χ1v) is 10.1. The van der Waals surface area contributed by atoms with Crippen molar-refractivity contribution in [3.8, 4) is 0 Å². The second-order valence-electron chi connectivity index (χ2n) is 8.07. The molecule has 0 saturated carbocycles. The van der Waals surface area contributed by atoms with Crippen LogP contribution >= 0.6 is 0 Å². The van der Waals surface area contributed by atoms with Crippen LogP contribution in [0.1, 0.15) is 31.2 Å². The van der Waals surface area contributed by atoms with Crippen molar-refractivity contribution < 1.29 is 28.8 Å². The van der Waals surface area contributed by atoms with Gasteiger partial charge in [-0.15, -0.1) is 0 Å². The van der Waals surface area contributed by atoms with E-state index in [1.165, 1.54) is 6.08 Å². The van der Waals surface area contributed by atoms with Gasteiger partial charge in [0, 0.05) is 11.4 Å². The predicted molar refractivity (Wildman–Crippen MR) is 110 cm³/mol. The van der Waals surface area contributed by atoms with E-state index in [4.69, 9.17) is 9.15 Å². The zero-order chi connectivity index (χ0) is 21.3. The van der Waals surface area contributed by atoms with E-state index in [0.717, 1.165) is 36.6 Å². The second kappa shape index (κ2) is 8.16. The van der Waals surface area contributed by atoms with Crippen LogP contribution in [0.5, 0.6) is 0 Å². The average Bonchev–Trinajstić information content (AvgIpc) is 3.43. The molecule has 0 radical (unpaired) electrons. The third-order valence-electron chi connectivity index (χ3n) is 6.31. The van der Waals surface area contributed by atoms with Gasteiger partial charge in [0.2, 0.25) is 5.91 Å². The number of rotatable bonds is 7. The maximum Gasteiger partial charge on any atom is 0.475 e. The minimum absolute atomic E-state index is 0.0673. The lowest BCUT2D eigenvalue weighted by Crippen LogP contribution is -2.51. The van der Waals surface area contributed by atoms with Gasteiger partial charge in [0.05, 0.1) is 17.7 Å². The molecule has 2 saturated heterocycles. The first kappa shape index (κ1) is 20.5. The smallest absolute Gasteiger partial charge is 0.464 e. The Morgan fingerprint density at radius 2 is 2.10 bits per heavy atom. The molecule has 0 spiro atoms. The SMILES string of the molecule is C=CC(=O)N1C2CCC1(COC(=O)N[C@@H](Cc1coc3ccccc13)B(O)O)CC2. The summed E-state index contributed by atoms with van der Waals surface area (Å²) in [6.07, 6.45) is 5.57. The lowest BCUT2D eigenvalue weighted by molar-refractivity contribution is -0.131. The highest BCUT2D eigenvalue weighted by molar-refractivity contribution is 6.43. The van der Waals surface area contributed by atoms with Crippen molar-refractivity contribution in [1.82, 2.24) is 10.2 Å². The number of nitrogens with one attached hydrogen (secondary N) is 1. The number of alkyl carbamates (subject to hydrolysis) is 1. The van der Waals surface area contributed by atoms with Crippen molar-refractivity contribution in [2.75, 3.05) is 6.61 Å². The zero-order valence-electron chi connectivity index (χ0n) is 16.6. The lowest BCUT2D eigenvalue weighted by Gasteiger charge is -2.33. The number of ether oxygens (including phenoxy) is 1. The van der Waals surface area contributed by atoms with Crippen molar-refractivity contribution >= 4 is 30.1 Å². The Labute approximate surface area is 174 Å². The molecule has 2 amide bonds. The first-order valence-electron chi connectivity index (χ1n) is 10.1. The number of carbonyl (C=O) groups is 2. The van der Waals surface area contributed by atoms with Crippen LogP contribution in [0.15, 0.2) is 47.6 Å². The normalized spacial score (nSPS) is 23.4. The molecule has 2 fully saturated rings. The average molecular weight is 412 g/mol. The zero-order valence-corrected chi connectivity index (χ0v) is 16.6.